The van der Waals surface area contributed by atoms with E-state index in [9.17, 15) is 18.4 Å². The van der Waals surface area contributed by atoms with Crippen molar-refractivity contribution in [1.82, 2.24) is 14.9 Å². The Morgan fingerprint density at radius 1 is 1.29 bits per heavy atom. The molecule has 2 heterocycles. The summed E-state index contributed by atoms with van der Waals surface area (Å²) in [6, 6.07) is 8.36. The smallest absolute Gasteiger partial charge is 0.254 e. The van der Waals surface area contributed by atoms with E-state index in [1.54, 1.807) is 24.3 Å². The van der Waals surface area contributed by atoms with Crippen molar-refractivity contribution in [2.45, 2.75) is 57.4 Å². The lowest BCUT2D eigenvalue weighted by atomic mass is 10.0. The Balaban J connectivity index is 1.42. The summed E-state index contributed by atoms with van der Waals surface area (Å²) in [7, 11) is 0. The van der Waals surface area contributed by atoms with Gasteiger partial charge in [-0.05, 0) is 25.8 Å². The fourth-order valence-corrected chi connectivity index (χ4v) is 4.18. The zero-order valence-electron chi connectivity index (χ0n) is 18.8. The van der Waals surface area contributed by atoms with Gasteiger partial charge in [-0.2, -0.15) is 5.10 Å². The Morgan fingerprint density at radius 2 is 2.00 bits per heavy atom. The van der Waals surface area contributed by atoms with Gasteiger partial charge in [-0.15, -0.1) is 0 Å². The molecule has 0 aliphatic heterocycles. The number of amides is 2. The maximum Gasteiger partial charge on any atom is 0.254 e. The first-order valence-electron chi connectivity index (χ1n) is 11.0. The van der Waals surface area contributed by atoms with Gasteiger partial charge < -0.3 is 16.0 Å². The van der Waals surface area contributed by atoms with Gasteiger partial charge in [0.2, 0.25) is 17.7 Å². The van der Waals surface area contributed by atoms with E-state index in [1.807, 2.05) is 13.8 Å². The number of anilines is 2. The first-order chi connectivity index (χ1) is 16.0. The molecule has 9 nitrogen and oxygen atoms in total. The third-order valence-electron chi connectivity index (χ3n) is 5.89. The number of nitrogen functional groups attached to an aromatic ring is 1. The van der Waals surface area contributed by atoms with Gasteiger partial charge in [-0.3, -0.25) is 14.9 Å². The van der Waals surface area contributed by atoms with Crippen LogP contribution in [-0.4, -0.2) is 32.7 Å². The van der Waals surface area contributed by atoms with Crippen LogP contribution in [0, 0.1) is 0 Å². The van der Waals surface area contributed by atoms with Gasteiger partial charge in [0, 0.05) is 36.4 Å². The molecule has 1 unspecified atom stereocenters. The standard InChI is InChI=1S/C23H26F2N6O3/c1-12(2)31-21(26)19(22(27)33)20(29-31)14-5-3-13(4-6-14)9-17(32)28-18-10-16(30-34-18)15-7-8-23(24,25)11-15/h3-6,10,12,15H,7-9,11,26H2,1-2H3,(H2,27,33)(H,28,32). The molecular weight excluding hydrogens is 446 g/mol. The Hall–Kier alpha value is -3.76. The quantitative estimate of drug-likeness (QED) is 0.476. The summed E-state index contributed by atoms with van der Waals surface area (Å²) in [6.45, 7) is 3.78. The molecule has 34 heavy (non-hydrogen) atoms. The van der Waals surface area contributed by atoms with Crippen LogP contribution >= 0.6 is 0 Å². The van der Waals surface area contributed by atoms with E-state index in [2.05, 4.69) is 15.6 Å². The predicted molar refractivity (Wildman–Crippen MR) is 121 cm³/mol. The SMILES string of the molecule is CC(C)n1nc(-c2ccc(CC(=O)Nc3cc(C4CCC(F)(F)C4)no3)cc2)c(C(N)=O)c1N. The molecule has 11 heteroatoms. The number of primary amides is 1. The summed E-state index contributed by atoms with van der Waals surface area (Å²) in [5.74, 6) is -3.76. The van der Waals surface area contributed by atoms with Crippen LogP contribution in [0.25, 0.3) is 11.3 Å². The van der Waals surface area contributed by atoms with Gasteiger partial charge in [-0.1, -0.05) is 29.4 Å². The molecule has 180 valence electrons. The molecule has 0 spiro atoms. The Kier molecular flexibility index (Phi) is 6.11. The number of nitrogens with two attached hydrogens (primary N) is 2. The van der Waals surface area contributed by atoms with Gasteiger partial charge in [-0.25, -0.2) is 13.5 Å². The molecule has 3 aromatic rings. The van der Waals surface area contributed by atoms with Gasteiger partial charge in [0.25, 0.3) is 5.91 Å². The molecule has 1 aliphatic carbocycles. The predicted octanol–water partition coefficient (Wildman–Crippen LogP) is 3.88. The number of aromatic nitrogens is 3. The highest BCUT2D eigenvalue weighted by molar-refractivity contribution is 6.03. The van der Waals surface area contributed by atoms with Crippen molar-refractivity contribution in [1.29, 1.82) is 0 Å². The van der Waals surface area contributed by atoms with Crippen LogP contribution in [0.15, 0.2) is 34.9 Å². The van der Waals surface area contributed by atoms with Crippen LogP contribution in [0.4, 0.5) is 20.5 Å². The molecule has 1 aromatic carbocycles. The summed E-state index contributed by atoms with van der Waals surface area (Å²) in [6.07, 6.45) is -0.0634. The van der Waals surface area contributed by atoms with E-state index >= 15 is 0 Å². The van der Waals surface area contributed by atoms with Gasteiger partial charge in [0.1, 0.15) is 17.1 Å². The highest BCUT2D eigenvalue weighted by Crippen LogP contribution is 2.44. The number of carbonyl (C=O) groups excluding carboxylic acids is 2. The minimum Gasteiger partial charge on any atom is -0.383 e. The lowest BCUT2D eigenvalue weighted by Gasteiger charge is -2.07. The molecule has 1 saturated carbocycles. The van der Waals surface area contributed by atoms with Crippen LogP contribution in [-0.2, 0) is 11.2 Å². The molecule has 5 N–H and O–H groups in total. The van der Waals surface area contributed by atoms with E-state index in [1.165, 1.54) is 10.7 Å². The molecule has 1 atom stereocenters. The number of hydrogen-bond acceptors (Lipinski definition) is 6. The Bertz CT molecular complexity index is 1220. The normalized spacial score (nSPS) is 17.3. The molecular formula is C23H26F2N6O3. The topological polar surface area (TPSA) is 142 Å². The van der Waals surface area contributed by atoms with Crippen molar-refractivity contribution in [2.24, 2.45) is 5.73 Å². The molecule has 1 fully saturated rings. The minimum absolute atomic E-state index is 0.0447. The zero-order valence-corrected chi connectivity index (χ0v) is 18.8. The average Bonchev–Trinajstić information content (AvgIpc) is 3.45. The van der Waals surface area contributed by atoms with Crippen LogP contribution in [0.2, 0.25) is 0 Å². The maximum absolute atomic E-state index is 13.4. The Morgan fingerprint density at radius 3 is 2.59 bits per heavy atom. The fraction of sp³-hybridized carbons (Fsp3) is 0.391. The second-order valence-electron chi connectivity index (χ2n) is 8.84. The monoisotopic (exact) mass is 472 g/mol. The van der Waals surface area contributed by atoms with Crippen LogP contribution in [0.1, 0.15) is 66.7 Å². The molecule has 2 amide bonds. The first kappa shape index (κ1) is 23.4. The van der Waals surface area contributed by atoms with Gasteiger partial charge >= 0.3 is 0 Å². The summed E-state index contributed by atoms with van der Waals surface area (Å²) < 4.78 is 33.5. The lowest BCUT2D eigenvalue weighted by molar-refractivity contribution is -0.115. The highest BCUT2D eigenvalue weighted by Gasteiger charge is 2.41. The fourth-order valence-electron chi connectivity index (χ4n) is 4.18. The van der Waals surface area contributed by atoms with E-state index < -0.39 is 11.8 Å². The van der Waals surface area contributed by atoms with Crippen molar-refractivity contribution in [3.05, 3.63) is 47.2 Å². The molecule has 0 radical (unpaired) electrons. The molecule has 0 bridgehead atoms. The van der Waals surface area contributed by atoms with Crippen molar-refractivity contribution in [3.63, 3.8) is 0 Å². The number of halogens is 2. The number of alkyl halides is 2. The molecule has 1 aliphatic rings. The molecule has 2 aromatic heterocycles. The van der Waals surface area contributed by atoms with E-state index in [-0.39, 0.29) is 54.4 Å². The molecule has 4 rings (SSSR count). The van der Waals surface area contributed by atoms with Gasteiger partial charge in [0.15, 0.2) is 0 Å². The second-order valence-corrected chi connectivity index (χ2v) is 8.84. The summed E-state index contributed by atoms with van der Waals surface area (Å²) >= 11 is 0. The van der Waals surface area contributed by atoms with Crippen molar-refractivity contribution in [2.75, 3.05) is 11.1 Å². The Labute approximate surface area is 194 Å². The summed E-state index contributed by atoms with van der Waals surface area (Å²) in [5.41, 5.74) is 13.9. The second kappa shape index (κ2) is 8.88. The largest absolute Gasteiger partial charge is 0.383 e. The average molecular weight is 472 g/mol. The third-order valence-corrected chi connectivity index (χ3v) is 5.89. The first-order valence-corrected chi connectivity index (χ1v) is 11.0. The molecule has 0 saturated heterocycles. The van der Waals surface area contributed by atoms with Crippen molar-refractivity contribution in [3.8, 4) is 11.3 Å². The van der Waals surface area contributed by atoms with E-state index in [4.69, 9.17) is 16.0 Å². The number of rotatable bonds is 7. The number of benzene rings is 1. The lowest BCUT2D eigenvalue weighted by Crippen LogP contribution is -2.15. The van der Waals surface area contributed by atoms with Crippen LogP contribution < -0.4 is 16.8 Å². The highest BCUT2D eigenvalue weighted by atomic mass is 19.3. The van der Waals surface area contributed by atoms with E-state index in [0.717, 1.165) is 0 Å². The summed E-state index contributed by atoms with van der Waals surface area (Å²) in [4.78, 5) is 24.4. The summed E-state index contributed by atoms with van der Waals surface area (Å²) in [5, 5.41) is 10.9. The number of nitrogens with one attached hydrogen (secondary N) is 1. The number of carbonyl (C=O) groups is 2. The van der Waals surface area contributed by atoms with E-state index in [0.29, 0.717) is 28.9 Å². The number of nitrogens with zero attached hydrogens (tertiary/aromatic N) is 3. The van der Waals surface area contributed by atoms with Crippen molar-refractivity contribution >= 4 is 23.5 Å². The minimum atomic E-state index is -2.68. The zero-order chi connectivity index (χ0) is 24.6. The van der Waals surface area contributed by atoms with Crippen LogP contribution in [0.5, 0.6) is 0 Å². The van der Waals surface area contributed by atoms with Gasteiger partial charge in [0.05, 0.1) is 12.1 Å². The number of hydrogen-bond donors (Lipinski definition) is 3. The van der Waals surface area contributed by atoms with Crippen LogP contribution in [0.3, 0.4) is 0 Å². The maximum atomic E-state index is 13.4. The van der Waals surface area contributed by atoms with Crippen molar-refractivity contribution < 1.29 is 22.9 Å². The third kappa shape index (κ3) is 4.78.